The molecule has 1 heterocycles. The molecule has 0 fully saturated rings. The van der Waals surface area contributed by atoms with Crippen molar-refractivity contribution in [1.29, 1.82) is 0 Å². The first-order valence-electron chi connectivity index (χ1n) is 17.2. The van der Waals surface area contributed by atoms with E-state index < -0.39 is 11.7 Å². The first kappa shape index (κ1) is 40.8. The van der Waals surface area contributed by atoms with Crippen molar-refractivity contribution in [1.82, 2.24) is 4.98 Å². The zero-order chi connectivity index (χ0) is 36.1. The Labute approximate surface area is 308 Å². The molecule has 0 aliphatic heterocycles. The van der Waals surface area contributed by atoms with Gasteiger partial charge in [-0.2, -0.15) is 13.2 Å². The van der Waals surface area contributed by atoms with E-state index in [1.165, 1.54) is 12.1 Å². The molecule has 0 aliphatic carbocycles. The SMILES string of the molecule is CCC(C)(CC)C(=O)CC(=O)C(C)(CC)CC.Cc1[c-]c(-c2nccc3c2ccc2cc(-c4ccc(C(F)(F)F)cc4)ccc23)cc(C)c1.[Ir]. The summed E-state index contributed by atoms with van der Waals surface area (Å²) in [5.41, 5.74) is 4.43. The number of halogens is 3. The first-order chi connectivity index (χ1) is 23.1. The van der Waals surface area contributed by atoms with Crippen molar-refractivity contribution in [2.75, 3.05) is 0 Å². The molecule has 0 amide bonds. The molecule has 7 heteroatoms. The van der Waals surface area contributed by atoms with Crippen molar-refractivity contribution >= 4 is 33.1 Å². The van der Waals surface area contributed by atoms with E-state index in [0.29, 0.717) is 0 Å². The number of rotatable bonds is 10. The number of Topliss-reactive ketones (excluding diaryl/α,β-unsaturated/α-hetero) is 2. The predicted molar refractivity (Wildman–Crippen MR) is 195 cm³/mol. The third kappa shape index (κ3) is 8.97. The number of benzene rings is 4. The van der Waals surface area contributed by atoms with Gasteiger partial charge in [0.15, 0.2) is 0 Å². The van der Waals surface area contributed by atoms with Crippen molar-refractivity contribution in [3.63, 3.8) is 0 Å². The summed E-state index contributed by atoms with van der Waals surface area (Å²) in [7, 11) is 0. The summed E-state index contributed by atoms with van der Waals surface area (Å²) in [6.45, 7) is 16.1. The first-order valence-corrected chi connectivity index (χ1v) is 17.2. The second-order valence-corrected chi connectivity index (χ2v) is 13.6. The third-order valence-electron chi connectivity index (χ3n) is 10.5. The topological polar surface area (TPSA) is 47.0 Å². The molecular formula is C43H47F3IrNO2-. The second-order valence-electron chi connectivity index (χ2n) is 13.6. The van der Waals surface area contributed by atoms with Gasteiger partial charge in [0, 0.05) is 37.1 Å². The second kappa shape index (κ2) is 16.6. The maximum atomic E-state index is 12.9. The van der Waals surface area contributed by atoms with Crippen LogP contribution >= 0.6 is 0 Å². The van der Waals surface area contributed by atoms with Crippen LogP contribution in [0.15, 0.2) is 79.0 Å². The minimum Gasteiger partial charge on any atom is -0.304 e. The maximum absolute atomic E-state index is 12.9. The van der Waals surface area contributed by atoms with E-state index in [1.54, 1.807) is 0 Å². The fourth-order valence-corrected chi connectivity index (χ4v) is 6.13. The van der Waals surface area contributed by atoms with Gasteiger partial charge in [0.25, 0.3) is 0 Å². The van der Waals surface area contributed by atoms with Gasteiger partial charge in [-0.1, -0.05) is 91.8 Å². The van der Waals surface area contributed by atoms with E-state index in [1.807, 2.05) is 85.0 Å². The zero-order valence-electron chi connectivity index (χ0n) is 30.3. The molecule has 0 saturated heterocycles. The Kier molecular flexibility index (Phi) is 13.5. The van der Waals surface area contributed by atoms with Crippen LogP contribution in [0.25, 0.3) is 43.9 Å². The fourth-order valence-electron chi connectivity index (χ4n) is 6.13. The Morgan fingerprint density at radius 3 is 1.74 bits per heavy atom. The molecule has 50 heavy (non-hydrogen) atoms. The monoisotopic (exact) mass is 859 g/mol. The molecule has 4 aromatic carbocycles. The molecule has 1 radical (unpaired) electrons. The van der Waals surface area contributed by atoms with Crippen molar-refractivity contribution < 1.29 is 42.9 Å². The number of carbonyl (C=O) groups is 2. The van der Waals surface area contributed by atoms with Crippen LogP contribution in [-0.2, 0) is 35.9 Å². The summed E-state index contributed by atoms with van der Waals surface area (Å²) < 4.78 is 38.6. The number of carbonyl (C=O) groups excluding carboxylic acids is 2. The van der Waals surface area contributed by atoms with Crippen LogP contribution in [0.3, 0.4) is 0 Å². The van der Waals surface area contributed by atoms with E-state index >= 15 is 0 Å². The molecule has 1 aromatic heterocycles. The summed E-state index contributed by atoms with van der Waals surface area (Å²) in [4.78, 5) is 29.0. The molecule has 0 unspecified atom stereocenters. The summed E-state index contributed by atoms with van der Waals surface area (Å²) in [5.74, 6) is 0.223. The summed E-state index contributed by atoms with van der Waals surface area (Å²) >= 11 is 0. The van der Waals surface area contributed by atoms with Crippen molar-refractivity contribution in [2.24, 2.45) is 10.8 Å². The quantitative estimate of drug-likeness (QED) is 0.0798. The minimum absolute atomic E-state index is 0. The molecule has 0 saturated carbocycles. The Morgan fingerprint density at radius 2 is 1.22 bits per heavy atom. The number of fused-ring (bicyclic) bond motifs is 3. The fraction of sp³-hybridized carbons (Fsp3) is 0.372. The van der Waals surface area contributed by atoms with E-state index in [4.69, 9.17) is 0 Å². The van der Waals surface area contributed by atoms with Crippen LogP contribution in [0, 0.1) is 30.7 Å². The van der Waals surface area contributed by atoms with Crippen molar-refractivity contribution in [2.45, 2.75) is 93.7 Å². The number of hydrogen-bond donors (Lipinski definition) is 0. The summed E-state index contributed by atoms with van der Waals surface area (Å²) in [6.07, 6.45) is 0.826. The maximum Gasteiger partial charge on any atom is 0.416 e. The minimum atomic E-state index is -4.33. The Morgan fingerprint density at radius 1 is 0.680 bits per heavy atom. The number of ketones is 2. The summed E-state index contributed by atoms with van der Waals surface area (Å²) in [6, 6.07) is 25.0. The van der Waals surface area contributed by atoms with E-state index in [0.717, 1.165) is 92.9 Å². The molecule has 5 rings (SSSR count). The standard InChI is InChI=1S/C28H19F3N.C15H28O2.Ir/c1-17-13-18(2)15-22(14-17)27-26-10-6-21-16-20(5-9-24(21)25(26)11-12-32-27)19-3-7-23(8-4-19)28(29,30)31;1-7-14(5,8-2)12(16)11-13(17)15(6,9-3)10-4;/h3-14,16H,1-2H3;7-11H2,1-6H3;/q-1;;. The van der Waals surface area contributed by atoms with Crippen LogP contribution in [0.5, 0.6) is 0 Å². The van der Waals surface area contributed by atoms with Crippen LogP contribution in [0.4, 0.5) is 13.2 Å². The molecule has 5 aromatic rings. The molecule has 0 spiro atoms. The van der Waals surface area contributed by atoms with E-state index in [2.05, 4.69) is 36.2 Å². The zero-order valence-corrected chi connectivity index (χ0v) is 32.7. The number of aromatic nitrogens is 1. The van der Waals surface area contributed by atoms with Gasteiger partial charge >= 0.3 is 6.18 Å². The molecule has 267 valence electrons. The van der Waals surface area contributed by atoms with Gasteiger partial charge in [0.2, 0.25) is 0 Å². The Hall–Kier alpha value is -3.67. The van der Waals surface area contributed by atoms with Gasteiger partial charge in [-0.3, -0.25) is 9.59 Å². The molecule has 3 nitrogen and oxygen atoms in total. The molecule has 0 atom stereocenters. The molecular weight excluding hydrogens is 812 g/mol. The van der Waals surface area contributed by atoms with Crippen LogP contribution in [0.2, 0.25) is 0 Å². The van der Waals surface area contributed by atoms with Gasteiger partial charge in [-0.25, -0.2) is 0 Å². The number of hydrogen-bond acceptors (Lipinski definition) is 3. The van der Waals surface area contributed by atoms with E-state index in [9.17, 15) is 22.8 Å². The van der Waals surface area contributed by atoms with Crippen molar-refractivity contribution in [3.8, 4) is 22.4 Å². The number of pyridine rings is 1. The molecule has 0 N–H and O–H groups in total. The van der Waals surface area contributed by atoms with Gasteiger partial charge in [-0.15, -0.1) is 34.9 Å². The van der Waals surface area contributed by atoms with E-state index in [-0.39, 0.29) is 48.9 Å². The average molecular weight is 859 g/mol. The van der Waals surface area contributed by atoms with Gasteiger partial charge in [0.1, 0.15) is 11.6 Å². The van der Waals surface area contributed by atoms with Crippen LogP contribution < -0.4 is 0 Å². The largest absolute Gasteiger partial charge is 0.416 e. The summed E-state index contributed by atoms with van der Waals surface area (Å²) in [5, 5.41) is 4.23. The predicted octanol–water partition coefficient (Wildman–Crippen LogP) is 12.3. The van der Waals surface area contributed by atoms with Crippen LogP contribution in [-0.4, -0.2) is 16.6 Å². The van der Waals surface area contributed by atoms with Crippen LogP contribution in [0.1, 0.15) is 90.3 Å². The molecule has 0 bridgehead atoms. The Balaban J connectivity index is 0.000000323. The third-order valence-corrected chi connectivity index (χ3v) is 10.5. The number of aryl methyl sites for hydroxylation is 2. The Bertz CT molecular complexity index is 1910. The van der Waals surface area contributed by atoms with Crippen molar-refractivity contribution in [3.05, 3.63) is 102 Å². The number of alkyl halides is 3. The average Bonchev–Trinajstić information content (AvgIpc) is 3.09. The molecule has 0 aliphatic rings. The number of nitrogens with zero attached hydrogens (tertiary/aromatic N) is 1. The smallest absolute Gasteiger partial charge is 0.304 e. The van der Waals surface area contributed by atoms with Gasteiger partial charge in [0.05, 0.1) is 12.0 Å². The van der Waals surface area contributed by atoms with Gasteiger partial charge in [-0.05, 0) is 88.3 Å². The normalized spacial score (nSPS) is 11.9. The van der Waals surface area contributed by atoms with Gasteiger partial charge < -0.3 is 4.98 Å².